The third kappa shape index (κ3) is 5.83. The summed E-state index contributed by atoms with van der Waals surface area (Å²) in [4.78, 5) is 17.1. The third-order valence-electron chi connectivity index (χ3n) is 6.38. The Kier molecular flexibility index (Phi) is 9.16. The quantitative estimate of drug-likeness (QED) is 0.371. The highest BCUT2D eigenvalue weighted by Gasteiger charge is 2.33. The summed E-state index contributed by atoms with van der Waals surface area (Å²) in [5.74, 6) is 0.228. The van der Waals surface area contributed by atoms with Crippen LogP contribution in [0.4, 0.5) is 11.4 Å². The number of benzene rings is 2. The van der Waals surface area contributed by atoms with Crippen LogP contribution < -0.4 is 18.7 Å². The van der Waals surface area contributed by atoms with Crippen LogP contribution in [0.5, 0.6) is 11.5 Å². The van der Waals surface area contributed by atoms with Gasteiger partial charge in [-0.25, -0.2) is 8.42 Å². The van der Waals surface area contributed by atoms with E-state index in [0.29, 0.717) is 12.3 Å². The standard InChI is InChI=1S/C26H34ClN5O5S/c1-8-31(18(3)21-15-28-29-17(21)2)26(33)16-32(23-13-19(30(4)5)9-11-22(23)27)38(34,35)20-10-12-24(36-6)25(14-20)37-7/h9-15,18H,8,16H2,1-7H3,(H,28,29). The summed E-state index contributed by atoms with van der Waals surface area (Å²) in [7, 11) is 2.28. The number of H-pyrrole nitrogens is 1. The van der Waals surface area contributed by atoms with Gasteiger partial charge in [-0.15, -0.1) is 0 Å². The predicted octanol–water partition coefficient (Wildman–Crippen LogP) is 4.26. The van der Waals surface area contributed by atoms with Gasteiger partial charge in [-0.05, 0) is 51.1 Å². The molecule has 10 nitrogen and oxygen atoms in total. The fraction of sp³-hybridized carbons (Fsp3) is 0.385. The minimum atomic E-state index is -4.27. The van der Waals surface area contributed by atoms with Crippen molar-refractivity contribution < 1.29 is 22.7 Å². The first-order chi connectivity index (χ1) is 18.0. The Balaban J connectivity index is 2.13. The molecule has 0 fully saturated rings. The van der Waals surface area contributed by atoms with Gasteiger partial charge in [-0.3, -0.25) is 14.2 Å². The number of nitrogens with one attached hydrogen (secondary N) is 1. The molecule has 1 N–H and O–H groups in total. The number of aryl methyl sites for hydroxylation is 1. The van der Waals surface area contributed by atoms with Gasteiger partial charge in [0.2, 0.25) is 5.91 Å². The zero-order valence-electron chi connectivity index (χ0n) is 22.6. The Morgan fingerprint density at radius 2 is 1.79 bits per heavy atom. The van der Waals surface area contributed by atoms with Crippen molar-refractivity contribution in [2.75, 3.05) is 50.6 Å². The normalized spacial score (nSPS) is 12.1. The summed E-state index contributed by atoms with van der Waals surface area (Å²) in [6.45, 7) is 5.49. The number of rotatable bonds is 11. The van der Waals surface area contributed by atoms with Crippen molar-refractivity contribution in [3.63, 3.8) is 0 Å². The Labute approximate surface area is 229 Å². The van der Waals surface area contributed by atoms with E-state index in [1.54, 1.807) is 29.3 Å². The highest BCUT2D eigenvalue weighted by Crippen LogP contribution is 2.36. The number of carbonyl (C=O) groups excluding carboxylic acids is 1. The number of nitrogens with zero attached hydrogens (tertiary/aromatic N) is 4. The average molecular weight is 564 g/mol. The Morgan fingerprint density at radius 1 is 1.11 bits per heavy atom. The highest BCUT2D eigenvalue weighted by atomic mass is 35.5. The second-order valence-corrected chi connectivity index (χ2v) is 11.1. The second kappa shape index (κ2) is 12.0. The average Bonchev–Trinajstić information content (AvgIpc) is 3.33. The van der Waals surface area contributed by atoms with Gasteiger partial charge in [0, 0.05) is 43.7 Å². The molecule has 38 heavy (non-hydrogen) atoms. The SMILES string of the molecule is CCN(C(=O)CN(c1cc(N(C)C)ccc1Cl)S(=O)(=O)c1ccc(OC)c(OC)c1)C(C)c1cn[nH]c1C. The summed E-state index contributed by atoms with van der Waals surface area (Å²) in [6.07, 6.45) is 1.67. The van der Waals surface area contributed by atoms with Crippen LogP contribution in [0.25, 0.3) is 0 Å². The summed E-state index contributed by atoms with van der Waals surface area (Å²) in [6, 6.07) is 8.98. The molecule has 0 saturated carbocycles. The fourth-order valence-corrected chi connectivity index (χ4v) is 5.91. The van der Waals surface area contributed by atoms with E-state index in [4.69, 9.17) is 21.1 Å². The summed E-state index contributed by atoms with van der Waals surface area (Å²) in [5, 5.41) is 7.14. The fourth-order valence-electron chi connectivity index (χ4n) is 4.20. The van der Waals surface area contributed by atoms with Gasteiger partial charge in [0.25, 0.3) is 10.0 Å². The lowest BCUT2D eigenvalue weighted by Crippen LogP contribution is -2.44. The molecule has 12 heteroatoms. The molecule has 0 aliphatic heterocycles. The molecule has 3 rings (SSSR count). The van der Waals surface area contributed by atoms with Crippen LogP contribution in [0.3, 0.4) is 0 Å². The molecule has 1 unspecified atom stereocenters. The largest absolute Gasteiger partial charge is 0.493 e. The molecule has 2 aromatic carbocycles. The van der Waals surface area contributed by atoms with Gasteiger partial charge in [-0.1, -0.05) is 11.6 Å². The lowest BCUT2D eigenvalue weighted by molar-refractivity contribution is -0.131. The maximum atomic E-state index is 14.1. The second-order valence-electron chi connectivity index (χ2n) is 8.86. The van der Waals surface area contributed by atoms with Crippen molar-refractivity contribution in [2.45, 2.75) is 31.7 Å². The van der Waals surface area contributed by atoms with E-state index in [0.717, 1.165) is 21.2 Å². The van der Waals surface area contributed by atoms with E-state index >= 15 is 0 Å². The molecule has 0 saturated heterocycles. The van der Waals surface area contributed by atoms with Gasteiger partial charge in [0.05, 0.1) is 42.1 Å². The summed E-state index contributed by atoms with van der Waals surface area (Å²) >= 11 is 6.55. The van der Waals surface area contributed by atoms with Gasteiger partial charge in [0.15, 0.2) is 11.5 Å². The highest BCUT2D eigenvalue weighted by molar-refractivity contribution is 7.92. The number of methoxy groups -OCH3 is 2. The van der Waals surface area contributed by atoms with Gasteiger partial charge in [0.1, 0.15) is 6.54 Å². The van der Waals surface area contributed by atoms with Crippen LogP contribution in [0.2, 0.25) is 5.02 Å². The van der Waals surface area contributed by atoms with Crippen molar-refractivity contribution in [1.29, 1.82) is 0 Å². The molecule has 0 spiro atoms. The molecule has 206 valence electrons. The predicted molar refractivity (Wildman–Crippen MR) is 149 cm³/mol. The molecule has 0 bridgehead atoms. The lowest BCUT2D eigenvalue weighted by Gasteiger charge is -2.32. The van der Waals surface area contributed by atoms with Crippen LogP contribution in [-0.2, 0) is 14.8 Å². The lowest BCUT2D eigenvalue weighted by atomic mass is 10.1. The van der Waals surface area contributed by atoms with Crippen molar-refractivity contribution >= 4 is 38.9 Å². The van der Waals surface area contributed by atoms with Gasteiger partial charge in [-0.2, -0.15) is 5.10 Å². The summed E-state index contributed by atoms with van der Waals surface area (Å²) < 4.78 is 39.8. The minimum absolute atomic E-state index is 0.0731. The van der Waals surface area contributed by atoms with Crippen LogP contribution >= 0.6 is 11.6 Å². The number of amides is 1. The van der Waals surface area contributed by atoms with Crippen molar-refractivity contribution in [3.05, 3.63) is 58.9 Å². The minimum Gasteiger partial charge on any atom is -0.493 e. The molecular weight excluding hydrogens is 530 g/mol. The van der Waals surface area contributed by atoms with Gasteiger partial charge < -0.3 is 19.3 Å². The first-order valence-corrected chi connectivity index (χ1v) is 13.8. The van der Waals surface area contributed by atoms with E-state index < -0.39 is 22.5 Å². The van der Waals surface area contributed by atoms with E-state index in [2.05, 4.69) is 10.2 Å². The maximum Gasteiger partial charge on any atom is 0.264 e. The number of aromatic amines is 1. The monoisotopic (exact) mass is 563 g/mol. The zero-order chi connectivity index (χ0) is 28.2. The van der Waals surface area contributed by atoms with Crippen molar-refractivity contribution in [3.8, 4) is 11.5 Å². The molecule has 1 aromatic heterocycles. The molecule has 1 atom stereocenters. The molecular formula is C26H34ClN5O5S. The first kappa shape index (κ1) is 29.1. The molecule has 3 aromatic rings. The molecule has 1 amide bonds. The van der Waals surface area contributed by atoms with Crippen LogP contribution in [0.15, 0.2) is 47.5 Å². The molecule has 0 aliphatic rings. The third-order valence-corrected chi connectivity index (χ3v) is 8.46. The number of hydrogen-bond acceptors (Lipinski definition) is 7. The summed E-state index contributed by atoms with van der Waals surface area (Å²) in [5.41, 5.74) is 2.59. The van der Waals surface area contributed by atoms with E-state index in [1.165, 1.54) is 32.4 Å². The van der Waals surface area contributed by atoms with Gasteiger partial charge >= 0.3 is 0 Å². The smallest absolute Gasteiger partial charge is 0.264 e. The van der Waals surface area contributed by atoms with Crippen LogP contribution in [0, 0.1) is 6.92 Å². The zero-order valence-corrected chi connectivity index (χ0v) is 24.2. The van der Waals surface area contributed by atoms with E-state index in [-0.39, 0.29) is 27.4 Å². The number of halogens is 1. The topological polar surface area (TPSA) is 108 Å². The number of likely N-dealkylation sites (N-methyl/N-ethyl adjacent to an activating group) is 1. The van der Waals surface area contributed by atoms with Crippen LogP contribution in [0.1, 0.15) is 31.1 Å². The van der Waals surface area contributed by atoms with E-state index in [1.807, 2.05) is 39.8 Å². The number of hydrogen-bond donors (Lipinski definition) is 1. The molecule has 0 radical (unpaired) electrons. The van der Waals surface area contributed by atoms with E-state index in [9.17, 15) is 13.2 Å². The van der Waals surface area contributed by atoms with Crippen molar-refractivity contribution in [1.82, 2.24) is 15.1 Å². The Hall–Kier alpha value is -3.44. The number of sulfonamides is 1. The molecule has 1 heterocycles. The maximum absolute atomic E-state index is 14.1. The molecule has 0 aliphatic carbocycles. The number of ether oxygens (including phenoxy) is 2. The first-order valence-electron chi connectivity index (χ1n) is 12.0. The van der Waals surface area contributed by atoms with Crippen LogP contribution in [-0.4, -0.2) is 70.8 Å². The number of anilines is 2. The Morgan fingerprint density at radius 3 is 2.34 bits per heavy atom. The number of carbonyl (C=O) groups is 1. The Bertz CT molecular complexity index is 1390. The number of aromatic nitrogens is 2. The van der Waals surface area contributed by atoms with Crippen molar-refractivity contribution in [2.24, 2.45) is 0 Å².